The molecule has 3 N–H and O–H groups in total. The van der Waals surface area contributed by atoms with E-state index < -0.39 is 24.2 Å². The molecule has 4 heteroatoms. The highest BCUT2D eigenvalue weighted by Crippen LogP contribution is 2.53. The summed E-state index contributed by atoms with van der Waals surface area (Å²) in [6, 6.07) is 0. The molecule has 24 heavy (non-hydrogen) atoms. The molecule has 0 aromatic rings. The summed E-state index contributed by atoms with van der Waals surface area (Å²) in [4.78, 5) is 13.1. The van der Waals surface area contributed by atoms with Crippen molar-refractivity contribution >= 4 is 5.78 Å². The molecule has 0 fully saturated rings. The van der Waals surface area contributed by atoms with Crippen LogP contribution in [0.5, 0.6) is 0 Å². The zero-order valence-corrected chi connectivity index (χ0v) is 14.7. The molecule has 0 aromatic carbocycles. The molecule has 3 bridgehead atoms. The number of hydrogen-bond acceptors (Lipinski definition) is 4. The number of aliphatic hydroxyl groups is 3. The number of hydrogen-bond donors (Lipinski definition) is 3. The second-order valence-electron chi connectivity index (χ2n) is 8.19. The molecule has 0 aliphatic heterocycles. The van der Waals surface area contributed by atoms with Gasteiger partial charge in [-0.05, 0) is 55.1 Å². The zero-order valence-electron chi connectivity index (χ0n) is 14.7. The van der Waals surface area contributed by atoms with Gasteiger partial charge in [-0.15, -0.1) is 0 Å². The molecule has 3 aliphatic rings. The number of aliphatic hydroxyl groups excluding tert-OH is 3. The van der Waals surface area contributed by atoms with Gasteiger partial charge in [0.2, 0.25) is 0 Å². The van der Waals surface area contributed by atoms with Crippen LogP contribution in [0.1, 0.15) is 46.5 Å². The van der Waals surface area contributed by atoms with Gasteiger partial charge in [0.05, 0.1) is 12.0 Å². The minimum Gasteiger partial charge on any atom is -0.388 e. The Kier molecular flexibility index (Phi) is 4.35. The summed E-state index contributed by atoms with van der Waals surface area (Å²) < 4.78 is 0. The highest BCUT2D eigenvalue weighted by atomic mass is 16.3. The summed E-state index contributed by atoms with van der Waals surface area (Å²) in [7, 11) is 0. The number of carbonyl (C=O) groups excluding carboxylic acids is 1. The quantitative estimate of drug-likeness (QED) is 0.595. The van der Waals surface area contributed by atoms with Gasteiger partial charge < -0.3 is 15.3 Å². The van der Waals surface area contributed by atoms with Crippen LogP contribution in [0.2, 0.25) is 0 Å². The van der Waals surface area contributed by atoms with Crippen LogP contribution < -0.4 is 0 Å². The molecule has 0 spiro atoms. The Labute approximate surface area is 143 Å². The van der Waals surface area contributed by atoms with Crippen LogP contribution in [-0.2, 0) is 4.79 Å². The molecule has 0 radical (unpaired) electrons. The van der Waals surface area contributed by atoms with Crippen molar-refractivity contribution in [3.05, 3.63) is 34.9 Å². The van der Waals surface area contributed by atoms with Crippen LogP contribution in [0.4, 0.5) is 0 Å². The van der Waals surface area contributed by atoms with Crippen LogP contribution in [0.25, 0.3) is 0 Å². The van der Waals surface area contributed by atoms with E-state index in [0.717, 1.165) is 30.4 Å². The largest absolute Gasteiger partial charge is 0.388 e. The van der Waals surface area contributed by atoms with E-state index >= 15 is 0 Å². The van der Waals surface area contributed by atoms with Crippen LogP contribution in [0.3, 0.4) is 0 Å². The monoisotopic (exact) mass is 332 g/mol. The molecule has 132 valence electrons. The Bertz CT molecular complexity index is 640. The number of carbonyl (C=O) groups is 1. The second kappa shape index (κ2) is 5.94. The van der Waals surface area contributed by atoms with Crippen molar-refractivity contribution in [2.75, 3.05) is 0 Å². The fourth-order valence-corrected chi connectivity index (χ4v) is 4.88. The summed E-state index contributed by atoms with van der Waals surface area (Å²) in [5.74, 6) is -0.347. The molecule has 0 unspecified atom stereocenters. The molecule has 3 aliphatic carbocycles. The van der Waals surface area contributed by atoms with Gasteiger partial charge in [0.15, 0.2) is 5.78 Å². The number of allylic oxidation sites excluding steroid dienone is 1. The molecular weight excluding hydrogens is 304 g/mol. The third kappa shape index (κ3) is 2.52. The third-order valence-corrected chi connectivity index (χ3v) is 6.43. The minimum absolute atomic E-state index is 0.0120. The molecular formula is C20H28O4. The highest BCUT2D eigenvalue weighted by Gasteiger charge is 2.51. The molecule has 0 saturated heterocycles. The lowest BCUT2D eigenvalue weighted by Crippen LogP contribution is -2.35. The Morgan fingerprint density at radius 2 is 1.75 bits per heavy atom. The number of fused-ring (bicyclic) bond motifs is 2. The van der Waals surface area contributed by atoms with Gasteiger partial charge in [0.1, 0.15) is 12.2 Å². The first-order chi connectivity index (χ1) is 11.2. The number of Topliss-reactive ketones (excluding diaryl/α,β-unsaturated/α-hetero) is 1. The Morgan fingerprint density at radius 3 is 2.42 bits per heavy atom. The summed E-state index contributed by atoms with van der Waals surface area (Å²) in [5, 5.41) is 31.3. The van der Waals surface area contributed by atoms with E-state index in [1.807, 2.05) is 0 Å². The van der Waals surface area contributed by atoms with Crippen molar-refractivity contribution in [1.29, 1.82) is 0 Å². The van der Waals surface area contributed by atoms with Crippen LogP contribution in [0, 0.1) is 17.3 Å². The zero-order chi connectivity index (χ0) is 17.8. The van der Waals surface area contributed by atoms with Crippen LogP contribution in [0.15, 0.2) is 34.9 Å². The standard InChI is InChI=1S/C20H28O4/c1-10-5-6-12-7-8-13-16(20(12,3)4)19(24)15(18(13)23)11(2)9-14(21)17(10)22/h9,12,14-15,17-18,21-23H,1,5-8H2,2-4H3/b11-9+/t12-,14-,15+,17+,18+/m1/s1. The van der Waals surface area contributed by atoms with Crippen molar-refractivity contribution in [2.45, 2.75) is 64.8 Å². The van der Waals surface area contributed by atoms with Gasteiger partial charge in [-0.2, -0.15) is 0 Å². The van der Waals surface area contributed by atoms with E-state index in [4.69, 9.17) is 0 Å². The number of rotatable bonds is 0. The predicted octanol–water partition coefficient (Wildman–Crippen LogP) is 2.30. The smallest absolute Gasteiger partial charge is 0.169 e. The van der Waals surface area contributed by atoms with Crippen LogP contribution in [-0.4, -0.2) is 39.4 Å². The van der Waals surface area contributed by atoms with E-state index in [2.05, 4.69) is 20.4 Å². The summed E-state index contributed by atoms with van der Waals surface area (Å²) in [6.07, 6.45) is 1.69. The van der Waals surface area contributed by atoms with E-state index in [9.17, 15) is 20.1 Å². The van der Waals surface area contributed by atoms with Gasteiger partial charge in [-0.3, -0.25) is 4.79 Å². The van der Waals surface area contributed by atoms with Crippen molar-refractivity contribution in [1.82, 2.24) is 0 Å². The molecule has 3 rings (SSSR count). The lowest BCUT2D eigenvalue weighted by Gasteiger charge is -2.40. The maximum atomic E-state index is 13.1. The van der Waals surface area contributed by atoms with E-state index in [0.29, 0.717) is 23.5 Å². The lowest BCUT2D eigenvalue weighted by atomic mass is 9.63. The minimum atomic E-state index is -1.10. The molecule has 5 atom stereocenters. The Morgan fingerprint density at radius 1 is 1.12 bits per heavy atom. The highest BCUT2D eigenvalue weighted by molar-refractivity contribution is 6.04. The van der Waals surface area contributed by atoms with Crippen LogP contribution >= 0.6 is 0 Å². The van der Waals surface area contributed by atoms with E-state index in [1.54, 1.807) is 6.92 Å². The SMILES string of the molecule is C=C1CC[C@@H]2CCC3=C(C(=O)[C@@H](/C(C)=C/[C@@H](O)[C@H]1O)[C@H]3O)C2(C)C. The number of ketones is 1. The summed E-state index contributed by atoms with van der Waals surface area (Å²) in [6.45, 7) is 9.88. The summed E-state index contributed by atoms with van der Waals surface area (Å²) in [5.41, 5.74) is 2.64. The van der Waals surface area contributed by atoms with Crippen molar-refractivity contribution < 1.29 is 20.1 Å². The first-order valence-corrected chi connectivity index (χ1v) is 8.84. The fraction of sp³-hybridized carbons (Fsp3) is 0.650. The first-order valence-electron chi connectivity index (χ1n) is 8.84. The maximum absolute atomic E-state index is 13.1. The van der Waals surface area contributed by atoms with Crippen molar-refractivity contribution in [3.63, 3.8) is 0 Å². The van der Waals surface area contributed by atoms with Crippen molar-refractivity contribution in [3.8, 4) is 0 Å². The average molecular weight is 332 g/mol. The topological polar surface area (TPSA) is 77.8 Å². The summed E-state index contributed by atoms with van der Waals surface area (Å²) >= 11 is 0. The molecule has 0 heterocycles. The molecule has 4 nitrogen and oxygen atoms in total. The van der Waals surface area contributed by atoms with Gasteiger partial charge in [0, 0.05) is 5.57 Å². The molecule has 0 aromatic heterocycles. The fourth-order valence-electron chi connectivity index (χ4n) is 4.88. The van der Waals surface area contributed by atoms with Gasteiger partial charge in [-0.1, -0.05) is 32.1 Å². The maximum Gasteiger partial charge on any atom is 0.169 e. The second-order valence-corrected chi connectivity index (χ2v) is 8.19. The molecule has 0 amide bonds. The normalized spacial score (nSPS) is 41.8. The first kappa shape index (κ1) is 17.6. The van der Waals surface area contributed by atoms with Crippen molar-refractivity contribution in [2.24, 2.45) is 17.3 Å². The van der Waals surface area contributed by atoms with Gasteiger partial charge >= 0.3 is 0 Å². The average Bonchev–Trinajstić information content (AvgIpc) is 2.76. The lowest BCUT2D eigenvalue weighted by molar-refractivity contribution is -0.120. The third-order valence-electron chi connectivity index (χ3n) is 6.43. The van der Waals surface area contributed by atoms with Gasteiger partial charge in [-0.25, -0.2) is 0 Å². The Balaban J connectivity index is 2.12. The Hall–Kier alpha value is -1.23. The van der Waals surface area contributed by atoms with Gasteiger partial charge in [0.25, 0.3) is 0 Å². The van der Waals surface area contributed by atoms with E-state index in [1.165, 1.54) is 6.08 Å². The molecule has 0 saturated carbocycles. The predicted molar refractivity (Wildman–Crippen MR) is 92.2 cm³/mol. The van der Waals surface area contributed by atoms with E-state index in [-0.39, 0.29) is 11.2 Å².